The van der Waals surface area contributed by atoms with E-state index in [-0.39, 0.29) is 0 Å². The van der Waals surface area contributed by atoms with E-state index in [9.17, 15) is 0 Å². The molecule has 1 aromatic rings. The van der Waals surface area contributed by atoms with Crippen LogP contribution in [0.5, 0.6) is 0 Å². The standard InChI is InChI=1S/C15H24S/c1-6-15(4,5)14-9-7-13(8-10-14)11-16-12(2)3/h7-10,12H,6,11H2,1-5H3. The van der Waals surface area contributed by atoms with Gasteiger partial charge in [-0.3, -0.25) is 0 Å². The first-order chi connectivity index (χ1) is 7.45. The van der Waals surface area contributed by atoms with E-state index in [1.807, 2.05) is 11.8 Å². The molecular weight excluding hydrogens is 212 g/mol. The van der Waals surface area contributed by atoms with Crippen LogP contribution >= 0.6 is 11.8 Å². The first kappa shape index (κ1) is 13.6. The van der Waals surface area contributed by atoms with Crippen LogP contribution in [-0.2, 0) is 11.2 Å². The predicted octanol–water partition coefficient (Wildman–Crippen LogP) is 5.02. The van der Waals surface area contributed by atoms with E-state index in [0.29, 0.717) is 10.7 Å². The molecule has 0 bridgehead atoms. The first-order valence-electron chi connectivity index (χ1n) is 6.16. The second-order valence-electron chi connectivity index (χ2n) is 5.29. The zero-order chi connectivity index (χ0) is 12.2. The number of benzene rings is 1. The number of thioether (sulfide) groups is 1. The maximum absolute atomic E-state index is 2.31. The second kappa shape index (κ2) is 5.77. The Kier molecular flexibility index (Phi) is 4.91. The predicted molar refractivity (Wildman–Crippen MR) is 76.2 cm³/mol. The highest BCUT2D eigenvalue weighted by Crippen LogP contribution is 2.27. The van der Waals surface area contributed by atoms with Gasteiger partial charge in [0.1, 0.15) is 0 Å². The Bertz CT molecular complexity index is 309. The van der Waals surface area contributed by atoms with Crippen LogP contribution in [0, 0.1) is 0 Å². The zero-order valence-electron chi connectivity index (χ0n) is 11.2. The molecule has 0 heterocycles. The lowest BCUT2D eigenvalue weighted by molar-refractivity contribution is 0.506. The van der Waals surface area contributed by atoms with Crippen LogP contribution in [0.1, 0.15) is 52.2 Å². The Morgan fingerprint density at radius 3 is 2.12 bits per heavy atom. The van der Waals surface area contributed by atoms with Crippen molar-refractivity contribution >= 4 is 11.8 Å². The lowest BCUT2D eigenvalue weighted by Crippen LogP contribution is -2.15. The largest absolute Gasteiger partial charge is 0.154 e. The van der Waals surface area contributed by atoms with Crippen molar-refractivity contribution in [3.63, 3.8) is 0 Å². The van der Waals surface area contributed by atoms with Gasteiger partial charge in [-0.1, -0.05) is 58.9 Å². The summed E-state index contributed by atoms with van der Waals surface area (Å²) in [6.07, 6.45) is 1.19. The van der Waals surface area contributed by atoms with Crippen LogP contribution < -0.4 is 0 Å². The van der Waals surface area contributed by atoms with Gasteiger partial charge in [0.25, 0.3) is 0 Å². The first-order valence-corrected chi connectivity index (χ1v) is 7.21. The Morgan fingerprint density at radius 2 is 1.69 bits per heavy atom. The van der Waals surface area contributed by atoms with Gasteiger partial charge in [-0.25, -0.2) is 0 Å². The molecule has 0 aliphatic carbocycles. The summed E-state index contributed by atoms with van der Waals surface area (Å²) in [6, 6.07) is 9.14. The summed E-state index contributed by atoms with van der Waals surface area (Å²) < 4.78 is 0. The molecule has 0 amide bonds. The van der Waals surface area contributed by atoms with Crippen LogP contribution in [0.3, 0.4) is 0 Å². The average molecular weight is 236 g/mol. The van der Waals surface area contributed by atoms with Gasteiger partial charge in [0, 0.05) is 5.75 Å². The van der Waals surface area contributed by atoms with E-state index in [1.54, 1.807) is 0 Å². The van der Waals surface area contributed by atoms with E-state index >= 15 is 0 Å². The second-order valence-corrected chi connectivity index (χ2v) is 6.86. The van der Waals surface area contributed by atoms with Gasteiger partial charge in [0.15, 0.2) is 0 Å². The monoisotopic (exact) mass is 236 g/mol. The van der Waals surface area contributed by atoms with Crippen molar-refractivity contribution in [2.45, 2.75) is 57.5 Å². The van der Waals surface area contributed by atoms with Gasteiger partial charge in [-0.15, -0.1) is 0 Å². The molecule has 0 nitrogen and oxygen atoms in total. The summed E-state index contributed by atoms with van der Waals surface area (Å²) >= 11 is 2.00. The highest BCUT2D eigenvalue weighted by atomic mass is 32.2. The molecular formula is C15H24S. The third-order valence-corrected chi connectivity index (χ3v) is 4.37. The maximum Gasteiger partial charge on any atom is 0.0187 e. The number of hydrogen-bond acceptors (Lipinski definition) is 1. The van der Waals surface area contributed by atoms with E-state index in [1.165, 1.54) is 17.5 Å². The van der Waals surface area contributed by atoms with E-state index in [4.69, 9.17) is 0 Å². The molecule has 16 heavy (non-hydrogen) atoms. The molecule has 1 rings (SSSR count). The number of rotatable bonds is 5. The van der Waals surface area contributed by atoms with Crippen molar-refractivity contribution in [2.24, 2.45) is 0 Å². The van der Waals surface area contributed by atoms with E-state index in [0.717, 1.165) is 5.75 Å². The molecule has 0 saturated heterocycles. The molecule has 0 radical (unpaired) electrons. The Labute approximate surface area is 105 Å². The van der Waals surface area contributed by atoms with Crippen molar-refractivity contribution in [1.82, 2.24) is 0 Å². The summed E-state index contributed by atoms with van der Waals surface area (Å²) in [4.78, 5) is 0. The lowest BCUT2D eigenvalue weighted by Gasteiger charge is -2.23. The summed E-state index contributed by atoms with van der Waals surface area (Å²) in [5, 5.41) is 0.715. The summed E-state index contributed by atoms with van der Waals surface area (Å²) in [7, 11) is 0. The smallest absolute Gasteiger partial charge is 0.0187 e. The van der Waals surface area contributed by atoms with E-state index in [2.05, 4.69) is 58.9 Å². The van der Waals surface area contributed by atoms with Crippen LogP contribution in [0.15, 0.2) is 24.3 Å². The van der Waals surface area contributed by atoms with Gasteiger partial charge >= 0.3 is 0 Å². The third-order valence-electron chi connectivity index (χ3n) is 3.20. The van der Waals surface area contributed by atoms with Crippen molar-refractivity contribution in [2.75, 3.05) is 0 Å². The van der Waals surface area contributed by atoms with Crippen molar-refractivity contribution in [1.29, 1.82) is 0 Å². The molecule has 0 aliphatic rings. The summed E-state index contributed by atoms with van der Waals surface area (Å²) in [5.41, 5.74) is 3.20. The van der Waals surface area contributed by atoms with Gasteiger partial charge in [-0.05, 0) is 28.2 Å². The normalized spacial score (nSPS) is 12.1. The molecule has 0 spiro atoms. The molecule has 0 unspecified atom stereocenters. The number of hydrogen-bond donors (Lipinski definition) is 0. The van der Waals surface area contributed by atoms with Crippen molar-refractivity contribution in [3.05, 3.63) is 35.4 Å². The molecule has 90 valence electrons. The Hall–Kier alpha value is -0.430. The molecule has 0 atom stereocenters. The van der Waals surface area contributed by atoms with Gasteiger partial charge in [0.2, 0.25) is 0 Å². The average Bonchev–Trinajstić information content (AvgIpc) is 2.27. The Balaban J connectivity index is 2.68. The minimum absolute atomic E-state index is 0.309. The molecule has 0 fully saturated rings. The van der Waals surface area contributed by atoms with Gasteiger partial charge in [0.05, 0.1) is 0 Å². The molecule has 0 aromatic heterocycles. The van der Waals surface area contributed by atoms with Crippen LogP contribution in [0.2, 0.25) is 0 Å². The molecule has 1 heteroatoms. The van der Waals surface area contributed by atoms with Crippen LogP contribution in [0.4, 0.5) is 0 Å². The quantitative estimate of drug-likeness (QED) is 0.692. The van der Waals surface area contributed by atoms with Crippen molar-refractivity contribution in [3.8, 4) is 0 Å². The van der Waals surface area contributed by atoms with Gasteiger partial charge < -0.3 is 0 Å². The fourth-order valence-corrected chi connectivity index (χ4v) is 2.24. The highest BCUT2D eigenvalue weighted by molar-refractivity contribution is 7.99. The third kappa shape index (κ3) is 3.86. The maximum atomic E-state index is 2.31. The molecule has 0 saturated carbocycles. The molecule has 0 N–H and O–H groups in total. The topological polar surface area (TPSA) is 0 Å². The summed E-state index contributed by atoms with van der Waals surface area (Å²) in [5.74, 6) is 1.13. The van der Waals surface area contributed by atoms with Crippen LogP contribution in [-0.4, -0.2) is 5.25 Å². The molecule has 1 aromatic carbocycles. The highest BCUT2D eigenvalue weighted by Gasteiger charge is 2.17. The van der Waals surface area contributed by atoms with E-state index < -0.39 is 0 Å². The minimum Gasteiger partial charge on any atom is -0.154 e. The fourth-order valence-electron chi connectivity index (χ4n) is 1.52. The fraction of sp³-hybridized carbons (Fsp3) is 0.600. The van der Waals surface area contributed by atoms with Gasteiger partial charge in [-0.2, -0.15) is 11.8 Å². The lowest BCUT2D eigenvalue weighted by atomic mass is 9.82. The minimum atomic E-state index is 0.309. The SMILES string of the molecule is CCC(C)(C)c1ccc(CSC(C)C)cc1. The summed E-state index contributed by atoms with van der Waals surface area (Å²) in [6.45, 7) is 11.4. The molecule has 0 aliphatic heterocycles. The Morgan fingerprint density at radius 1 is 1.12 bits per heavy atom. The zero-order valence-corrected chi connectivity index (χ0v) is 12.0. The van der Waals surface area contributed by atoms with Crippen LogP contribution in [0.25, 0.3) is 0 Å². The van der Waals surface area contributed by atoms with Crippen molar-refractivity contribution < 1.29 is 0 Å².